The van der Waals surface area contributed by atoms with Crippen LogP contribution in [0.1, 0.15) is 16.9 Å². The van der Waals surface area contributed by atoms with Crippen LogP contribution >= 0.6 is 22.7 Å². The second-order valence-electron chi connectivity index (χ2n) is 7.77. The van der Waals surface area contributed by atoms with Gasteiger partial charge >= 0.3 is 4.87 Å². The average Bonchev–Trinajstić information content (AvgIpc) is 3.31. The van der Waals surface area contributed by atoms with Crippen LogP contribution in [-0.4, -0.2) is 47.0 Å². The molecule has 160 valence electrons. The largest absolute Gasteiger partial charge is 0.494 e. The number of aryl methyl sites for hydroxylation is 1. The number of ether oxygens (including phenoxy) is 1. The maximum absolute atomic E-state index is 12.5. The molecular formula is C21H21N5O3S2. The van der Waals surface area contributed by atoms with E-state index in [4.69, 9.17) is 4.74 Å². The summed E-state index contributed by atoms with van der Waals surface area (Å²) in [5.74, 6) is 1.52. The topological polar surface area (TPSA) is 100 Å². The van der Waals surface area contributed by atoms with Crippen molar-refractivity contribution in [1.82, 2.24) is 19.9 Å². The molecule has 5 rings (SSSR count). The second kappa shape index (κ2) is 7.61. The number of hydrogen-bond acceptors (Lipinski definition) is 8. The quantitative estimate of drug-likeness (QED) is 0.488. The van der Waals surface area contributed by atoms with Gasteiger partial charge in [0.25, 0.3) is 0 Å². The number of thiazole rings is 1. The predicted molar refractivity (Wildman–Crippen MR) is 124 cm³/mol. The van der Waals surface area contributed by atoms with E-state index in [2.05, 4.69) is 20.3 Å². The first-order valence-corrected chi connectivity index (χ1v) is 11.5. The smallest absolute Gasteiger partial charge is 0.305 e. The molecular weight excluding hydrogens is 434 g/mol. The van der Waals surface area contributed by atoms with Crippen LogP contribution in [0.2, 0.25) is 0 Å². The van der Waals surface area contributed by atoms with Crippen LogP contribution in [-0.2, 0) is 17.6 Å². The first-order valence-electron chi connectivity index (χ1n) is 9.89. The third kappa shape index (κ3) is 3.45. The van der Waals surface area contributed by atoms with Crippen molar-refractivity contribution in [2.75, 3.05) is 26.5 Å². The fourth-order valence-electron chi connectivity index (χ4n) is 4.15. The molecule has 0 fully saturated rings. The summed E-state index contributed by atoms with van der Waals surface area (Å²) >= 11 is 2.79. The zero-order valence-corrected chi connectivity index (χ0v) is 18.9. The predicted octanol–water partition coefficient (Wildman–Crippen LogP) is 3.54. The second-order valence-corrected chi connectivity index (χ2v) is 9.87. The molecule has 3 heterocycles. The number of H-pyrrole nitrogens is 1. The van der Waals surface area contributed by atoms with Gasteiger partial charge in [0.15, 0.2) is 0 Å². The standard InChI is InChI=1S/C21H21N5O3S2/c1-26(2)20(27)10-4-5-11-15(6-10)30-19-17(11)18(22-9-23-19)24-12-8-16-13(7-14(12)29-3)25-21(28)31-16/h7-10H,4-6H2,1-3H3,(H,25,28)(H,22,23,24)/t10-/m1/s1. The van der Waals surface area contributed by atoms with E-state index in [1.165, 1.54) is 10.4 Å². The van der Waals surface area contributed by atoms with E-state index in [-0.39, 0.29) is 16.7 Å². The van der Waals surface area contributed by atoms with Crippen molar-refractivity contribution in [2.45, 2.75) is 19.3 Å². The molecule has 0 bridgehead atoms. The minimum absolute atomic E-state index is 0.0128. The summed E-state index contributed by atoms with van der Waals surface area (Å²) in [7, 11) is 5.21. The normalized spacial score (nSPS) is 15.8. The zero-order valence-electron chi connectivity index (χ0n) is 17.3. The number of thiophene rings is 1. The molecule has 1 aliphatic rings. The zero-order chi connectivity index (χ0) is 21.7. The number of fused-ring (bicyclic) bond motifs is 4. The van der Waals surface area contributed by atoms with Crippen LogP contribution in [0.5, 0.6) is 5.75 Å². The highest BCUT2D eigenvalue weighted by atomic mass is 32.1. The third-order valence-electron chi connectivity index (χ3n) is 5.63. The van der Waals surface area contributed by atoms with Gasteiger partial charge in [0, 0.05) is 31.0 Å². The number of aromatic nitrogens is 3. The summed E-state index contributed by atoms with van der Waals surface area (Å²) in [6.45, 7) is 0. The van der Waals surface area contributed by atoms with E-state index in [1.54, 1.807) is 29.7 Å². The summed E-state index contributed by atoms with van der Waals surface area (Å²) < 4.78 is 6.38. The van der Waals surface area contributed by atoms with E-state index >= 15 is 0 Å². The number of anilines is 2. The van der Waals surface area contributed by atoms with Gasteiger partial charge in [-0.1, -0.05) is 11.3 Å². The highest BCUT2D eigenvalue weighted by Gasteiger charge is 2.30. The lowest BCUT2D eigenvalue weighted by Gasteiger charge is -2.24. The van der Waals surface area contributed by atoms with E-state index in [1.807, 2.05) is 26.2 Å². The van der Waals surface area contributed by atoms with Crippen molar-refractivity contribution in [3.05, 3.63) is 38.6 Å². The summed E-state index contributed by atoms with van der Waals surface area (Å²) in [5.41, 5.74) is 2.70. The molecule has 10 heteroatoms. The monoisotopic (exact) mass is 455 g/mol. The van der Waals surface area contributed by atoms with Gasteiger partial charge in [-0.3, -0.25) is 9.59 Å². The number of methoxy groups -OCH3 is 1. The minimum Gasteiger partial charge on any atom is -0.494 e. The number of amides is 1. The van der Waals surface area contributed by atoms with Gasteiger partial charge in [-0.2, -0.15) is 0 Å². The Bertz CT molecular complexity index is 1370. The Balaban J connectivity index is 1.56. The number of nitrogens with one attached hydrogen (secondary N) is 2. The molecule has 8 nitrogen and oxygen atoms in total. The van der Waals surface area contributed by atoms with Crippen molar-refractivity contribution in [2.24, 2.45) is 5.92 Å². The number of carbonyl (C=O) groups is 1. The van der Waals surface area contributed by atoms with Gasteiger partial charge in [0.05, 0.1) is 28.4 Å². The molecule has 0 saturated heterocycles. The minimum atomic E-state index is -0.104. The molecule has 3 aromatic heterocycles. The molecule has 0 radical (unpaired) electrons. The lowest BCUT2D eigenvalue weighted by Crippen LogP contribution is -2.32. The average molecular weight is 456 g/mol. The van der Waals surface area contributed by atoms with E-state index < -0.39 is 0 Å². The Morgan fingerprint density at radius 2 is 2.13 bits per heavy atom. The third-order valence-corrected chi connectivity index (χ3v) is 7.64. The van der Waals surface area contributed by atoms with E-state index in [9.17, 15) is 9.59 Å². The number of aromatic amines is 1. The molecule has 1 amide bonds. The van der Waals surface area contributed by atoms with Gasteiger partial charge in [-0.05, 0) is 30.9 Å². The molecule has 0 saturated carbocycles. The van der Waals surface area contributed by atoms with Crippen LogP contribution in [0.3, 0.4) is 0 Å². The molecule has 0 aliphatic heterocycles. The van der Waals surface area contributed by atoms with Crippen molar-refractivity contribution in [3.63, 3.8) is 0 Å². The molecule has 1 aliphatic carbocycles. The van der Waals surface area contributed by atoms with Gasteiger partial charge in [0.2, 0.25) is 5.91 Å². The Morgan fingerprint density at radius 1 is 1.29 bits per heavy atom. The molecule has 31 heavy (non-hydrogen) atoms. The van der Waals surface area contributed by atoms with Crippen LogP contribution in [0.25, 0.3) is 20.4 Å². The Hall–Kier alpha value is -2.98. The first kappa shape index (κ1) is 20.0. The number of rotatable bonds is 4. The molecule has 1 atom stereocenters. The fourth-order valence-corrected chi connectivity index (χ4v) is 6.18. The molecule has 4 aromatic rings. The summed E-state index contributed by atoms with van der Waals surface area (Å²) in [6.07, 6.45) is 3.92. The van der Waals surface area contributed by atoms with E-state index in [0.29, 0.717) is 11.6 Å². The molecule has 0 spiro atoms. The lowest BCUT2D eigenvalue weighted by atomic mass is 9.87. The van der Waals surface area contributed by atoms with Gasteiger partial charge < -0.3 is 19.9 Å². The van der Waals surface area contributed by atoms with Crippen molar-refractivity contribution < 1.29 is 9.53 Å². The van der Waals surface area contributed by atoms with Crippen LogP contribution in [0.4, 0.5) is 11.5 Å². The Morgan fingerprint density at radius 3 is 2.90 bits per heavy atom. The maximum Gasteiger partial charge on any atom is 0.305 e. The van der Waals surface area contributed by atoms with Crippen LogP contribution in [0, 0.1) is 5.92 Å². The van der Waals surface area contributed by atoms with Crippen LogP contribution < -0.4 is 14.9 Å². The fraction of sp³-hybridized carbons (Fsp3) is 0.333. The first-order chi connectivity index (χ1) is 14.9. The highest BCUT2D eigenvalue weighted by Crippen LogP contribution is 2.42. The maximum atomic E-state index is 12.5. The van der Waals surface area contributed by atoms with Crippen molar-refractivity contribution >= 4 is 60.5 Å². The summed E-state index contributed by atoms with van der Waals surface area (Å²) in [6, 6.07) is 3.71. The Kier molecular flexibility index (Phi) is 4.90. The van der Waals surface area contributed by atoms with Crippen LogP contribution in [0.15, 0.2) is 23.3 Å². The SMILES string of the molecule is COc1cc2[nH]c(=O)sc2cc1Nc1ncnc2sc3c(c12)CC[C@@H](C(=O)N(C)C)C3. The number of hydrogen-bond donors (Lipinski definition) is 2. The van der Waals surface area contributed by atoms with Crippen molar-refractivity contribution in [3.8, 4) is 5.75 Å². The van der Waals surface area contributed by atoms with Gasteiger partial charge in [-0.25, -0.2) is 9.97 Å². The number of carbonyl (C=O) groups excluding carboxylic acids is 1. The summed E-state index contributed by atoms with van der Waals surface area (Å²) in [5, 5.41) is 4.40. The highest BCUT2D eigenvalue weighted by molar-refractivity contribution is 7.19. The molecule has 0 unspecified atom stereocenters. The van der Waals surface area contributed by atoms with Gasteiger partial charge in [0.1, 0.15) is 22.7 Å². The Labute approximate surface area is 185 Å². The molecule has 1 aromatic carbocycles. The van der Waals surface area contributed by atoms with E-state index in [0.717, 1.165) is 56.7 Å². The van der Waals surface area contributed by atoms with Crippen molar-refractivity contribution in [1.29, 1.82) is 0 Å². The number of nitrogens with zero attached hydrogens (tertiary/aromatic N) is 3. The molecule has 2 N–H and O–H groups in total. The lowest BCUT2D eigenvalue weighted by molar-refractivity contribution is -0.133. The summed E-state index contributed by atoms with van der Waals surface area (Å²) in [4.78, 5) is 39.7. The van der Waals surface area contributed by atoms with Gasteiger partial charge in [-0.15, -0.1) is 11.3 Å². The number of benzene rings is 1.